The monoisotopic (exact) mass is 454 g/mol. The van der Waals surface area contributed by atoms with E-state index in [2.05, 4.69) is 10.6 Å². The smallest absolute Gasteiger partial charge is 0.340 e. The molecule has 2 aromatic carbocycles. The Labute approximate surface area is 183 Å². The van der Waals surface area contributed by atoms with Crippen molar-refractivity contribution in [1.82, 2.24) is 5.32 Å². The summed E-state index contributed by atoms with van der Waals surface area (Å²) in [5, 5.41) is 4.99. The number of halogens is 2. The van der Waals surface area contributed by atoms with Crippen LogP contribution >= 0.6 is 23.2 Å². The van der Waals surface area contributed by atoms with Crippen molar-refractivity contribution in [1.29, 1.82) is 0 Å². The minimum Gasteiger partial charge on any atom is -0.490 e. The van der Waals surface area contributed by atoms with Gasteiger partial charge < -0.3 is 19.5 Å². The Morgan fingerprint density at radius 2 is 1.63 bits per heavy atom. The summed E-state index contributed by atoms with van der Waals surface area (Å²) in [6.45, 7) is 3.87. The maximum absolute atomic E-state index is 12.0. The lowest BCUT2D eigenvalue weighted by Crippen LogP contribution is -2.37. The molecule has 0 unspecified atom stereocenters. The predicted molar refractivity (Wildman–Crippen MR) is 113 cm³/mol. The SMILES string of the molecule is CCOc1ccc(NC(=O)NC(=O)COC(=O)c2ccc(Cl)cc2Cl)cc1OCC. The predicted octanol–water partition coefficient (Wildman–Crippen LogP) is 4.30. The fourth-order valence-electron chi connectivity index (χ4n) is 2.32. The normalized spacial score (nSPS) is 10.1. The lowest BCUT2D eigenvalue weighted by atomic mass is 10.2. The molecule has 8 nitrogen and oxygen atoms in total. The Balaban J connectivity index is 1.89. The van der Waals surface area contributed by atoms with Gasteiger partial charge in [0.25, 0.3) is 5.91 Å². The zero-order valence-electron chi connectivity index (χ0n) is 16.3. The van der Waals surface area contributed by atoms with E-state index in [1.165, 1.54) is 18.2 Å². The number of carbonyl (C=O) groups excluding carboxylic acids is 3. The highest BCUT2D eigenvalue weighted by Crippen LogP contribution is 2.30. The summed E-state index contributed by atoms with van der Waals surface area (Å²) in [6.07, 6.45) is 0. The van der Waals surface area contributed by atoms with Crippen LogP contribution in [-0.4, -0.2) is 37.7 Å². The third kappa shape index (κ3) is 6.82. The second-order valence-corrected chi connectivity index (χ2v) is 6.57. The van der Waals surface area contributed by atoms with E-state index in [-0.39, 0.29) is 10.6 Å². The van der Waals surface area contributed by atoms with Crippen LogP contribution in [0.4, 0.5) is 10.5 Å². The number of rotatable bonds is 8. The lowest BCUT2D eigenvalue weighted by Gasteiger charge is -2.13. The van der Waals surface area contributed by atoms with E-state index >= 15 is 0 Å². The quantitative estimate of drug-likeness (QED) is 0.576. The molecule has 3 amide bonds. The van der Waals surface area contributed by atoms with Gasteiger partial charge >= 0.3 is 12.0 Å². The van der Waals surface area contributed by atoms with Crippen LogP contribution in [0.2, 0.25) is 10.0 Å². The molecule has 0 aliphatic heterocycles. The Morgan fingerprint density at radius 3 is 2.30 bits per heavy atom. The summed E-state index contributed by atoms with van der Waals surface area (Å²) < 4.78 is 15.8. The Morgan fingerprint density at radius 1 is 0.933 bits per heavy atom. The average Bonchev–Trinajstić information content (AvgIpc) is 2.68. The minimum atomic E-state index is -0.819. The van der Waals surface area contributed by atoms with Crippen molar-refractivity contribution < 1.29 is 28.6 Å². The van der Waals surface area contributed by atoms with E-state index in [1.54, 1.807) is 18.2 Å². The van der Waals surface area contributed by atoms with Crippen molar-refractivity contribution in [2.75, 3.05) is 25.1 Å². The second kappa shape index (κ2) is 11.3. The Bertz CT molecular complexity index is 936. The van der Waals surface area contributed by atoms with Crippen molar-refractivity contribution >= 4 is 46.8 Å². The third-order valence-corrected chi connectivity index (χ3v) is 4.09. The molecule has 2 N–H and O–H groups in total. The van der Waals surface area contributed by atoms with Crippen molar-refractivity contribution in [3.05, 3.63) is 52.0 Å². The van der Waals surface area contributed by atoms with E-state index in [9.17, 15) is 14.4 Å². The molecule has 0 spiro atoms. The van der Waals surface area contributed by atoms with Gasteiger partial charge in [0, 0.05) is 16.8 Å². The molecule has 2 rings (SSSR count). The molecule has 0 aromatic heterocycles. The summed E-state index contributed by atoms with van der Waals surface area (Å²) in [6, 6.07) is 8.22. The number of ether oxygens (including phenoxy) is 3. The van der Waals surface area contributed by atoms with Crippen molar-refractivity contribution in [2.24, 2.45) is 0 Å². The number of carbonyl (C=O) groups is 3. The minimum absolute atomic E-state index is 0.0520. The van der Waals surface area contributed by atoms with E-state index in [0.29, 0.717) is 35.4 Å². The number of anilines is 1. The summed E-state index contributed by atoms with van der Waals surface area (Å²) in [5.41, 5.74) is 0.438. The number of hydrogen-bond acceptors (Lipinski definition) is 6. The first-order chi connectivity index (χ1) is 14.3. The maximum atomic E-state index is 12.0. The van der Waals surface area contributed by atoms with Crippen molar-refractivity contribution in [2.45, 2.75) is 13.8 Å². The number of nitrogens with one attached hydrogen (secondary N) is 2. The number of hydrogen-bond donors (Lipinski definition) is 2. The Hall–Kier alpha value is -2.97. The molecule has 10 heteroatoms. The van der Waals surface area contributed by atoms with Crippen LogP contribution in [0, 0.1) is 0 Å². The van der Waals surface area contributed by atoms with Gasteiger partial charge in [-0.3, -0.25) is 10.1 Å². The first-order valence-corrected chi connectivity index (χ1v) is 9.72. The van der Waals surface area contributed by atoms with E-state index in [0.717, 1.165) is 0 Å². The lowest BCUT2D eigenvalue weighted by molar-refractivity contribution is -0.123. The van der Waals surface area contributed by atoms with Crippen LogP contribution in [0.1, 0.15) is 24.2 Å². The van der Waals surface area contributed by atoms with Gasteiger partial charge in [-0.2, -0.15) is 0 Å². The number of imide groups is 1. The molecule has 0 fully saturated rings. The molecule has 0 aliphatic carbocycles. The van der Waals surface area contributed by atoms with Gasteiger partial charge in [-0.25, -0.2) is 9.59 Å². The van der Waals surface area contributed by atoms with Gasteiger partial charge in [0.05, 0.1) is 23.8 Å². The van der Waals surface area contributed by atoms with E-state index < -0.39 is 24.5 Å². The Kier molecular flexibility index (Phi) is 8.76. The molecule has 30 heavy (non-hydrogen) atoms. The maximum Gasteiger partial charge on any atom is 0.340 e. The fourth-order valence-corrected chi connectivity index (χ4v) is 2.80. The second-order valence-electron chi connectivity index (χ2n) is 5.73. The van der Waals surface area contributed by atoms with Gasteiger partial charge in [-0.15, -0.1) is 0 Å². The molecule has 0 heterocycles. The van der Waals surface area contributed by atoms with Crippen LogP contribution < -0.4 is 20.1 Å². The standard InChI is InChI=1S/C20H20Cl2N2O6/c1-3-28-16-8-6-13(10-17(16)29-4-2)23-20(27)24-18(25)11-30-19(26)14-7-5-12(21)9-15(14)22/h5-10H,3-4,11H2,1-2H3,(H2,23,24,25,27). The van der Waals surface area contributed by atoms with Crippen LogP contribution in [0.25, 0.3) is 0 Å². The summed E-state index contributed by atoms with van der Waals surface area (Å²) in [7, 11) is 0. The van der Waals surface area contributed by atoms with Crippen LogP contribution in [0.5, 0.6) is 11.5 Å². The molecule has 0 aliphatic rings. The molecular formula is C20H20Cl2N2O6. The largest absolute Gasteiger partial charge is 0.490 e. The van der Waals surface area contributed by atoms with E-state index in [4.69, 9.17) is 37.4 Å². The van der Waals surface area contributed by atoms with Crippen LogP contribution in [0.15, 0.2) is 36.4 Å². The van der Waals surface area contributed by atoms with E-state index in [1.807, 2.05) is 13.8 Å². The van der Waals surface area contributed by atoms with Gasteiger partial charge in [0.1, 0.15) is 0 Å². The fraction of sp³-hybridized carbons (Fsp3) is 0.250. The van der Waals surface area contributed by atoms with Crippen molar-refractivity contribution in [3.8, 4) is 11.5 Å². The molecule has 0 saturated heterocycles. The first kappa shape index (κ1) is 23.3. The molecule has 0 radical (unpaired) electrons. The number of benzene rings is 2. The van der Waals surface area contributed by atoms with Gasteiger partial charge in [-0.05, 0) is 44.2 Å². The van der Waals surface area contributed by atoms with Gasteiger partial charge in [-0.1, -0.05) is 23.2 Å². The average molecular weight is 455 g/mol. The first-order valence-electron chi connectivity index (χ1n) is 8.96. The van der Waals surface area contributed by atoms with Gasteiger partial charge in [0.15, 0.2) is 18.1 Å². The van der Waals surface area contributed by atoms with Crippen LogP contribution in [0.3, 0.4) is 0 Å². The molecular weight excluding hydrogens is 435 g/mol. The summed E-state index contributed by atoms with van der Waals surface area (Å²) >= 11 is 11.7. The zero-order chi connectivity index (χ0) is 22.1. The number of amides is 3. The number of urea groups is 1. The van der Waals surface area contributed by atoms with Crippen molar-refractivity contribution in [3.63, 3.8) is 0 Å². The molecule has 0 saturated carbocycles. The highest BCUT2D eigenvalue weighted by Gasteiger charge is 2.16. The summed E-state index contributed by atoms with van der Waals surface area (Å²) in [5.74, 6) is -0.645. The number of esters is 1. The highest BCUT2D eigenvalue weighted by molar-refractivity contribution is 6.36. The third-order valence-electron chi connectivity index (χ3n) is 3.54. The molecule has 160 valence electrons. The molecule has 0 bridgehead atoms. The molecule has 0 atom stereocenters. The topological polar surface area (TPSA) is 103 Å². The molecule has 2 aromatic rings. The highest BCUT2D eigenvalue weighted by atomic mass is 35.5. The van der Waals surface area contributed by atoms with Gasteiger partial charge in [0.2, 0.25) is 0 Å². The zero-order valence-corrected chi connectivity index (χ0v) is 17.8. The van der Waals surface area contributed by atoms with Crippen LogP contribution in [-0.2, 0) is 9.53 Å². The summed E-state index contributed by atoms with van der Waals surface area (Å²) in [4.78, 5) is 35.9.